The molecule has 0 heterocycles. The lowest BCUT2D eigenvalue weighted by molar-refractivity contribution is 0.350. The summed E-state index contributed by atoms with van der Waals surface area (Å²) in [5, 5.41) is 8.71. The lowest BCUT2D eigenvalue weighted by atomic mass is 10.2. The van der Waals surface area contributed by atoms with Crippen LogP contribution in [0.5, 0.6) is 0 Å². The van der Waals surface area contributed by atoms with E-state index in [9.17, 15) is 8.42 Å². The van der Waals surface area contributed by atoms with Crippen LogP contribution in [0.15, 0.2) is 17.0 Å². The van der Waals surface area contributed by atoms with Crippen LogP contribution in [0.4, 0.5) is 0 Å². The minimum absolute atomic E-state index is 0.0174. The molecule has 0 radical (unpaired) electrons. The van der Waals surface area contributed by atoms with Gasteiger partial charge in [-0.25, -0.2) is 8.42 Å². The van der Waals surface area contributed by atoms with E-state index in [1.165, 1.54) is 16.4 Å². The molecule has 1 aromatic carbocycles. The fourth-order valence-electron chi connectivity index (χ4n) is 1.95. The van der Waals surface area contributed by atoms with Crippen LogP contribution in [0.2, 0.25) is 10.0 Å². The highest BCUT2D eigenvalue weighted by atomic mass is 35.5. The molecule has 21 heavy (non-hydrogen) atoms. The van der Waals surface area contributed by atoms with E-state index in [0.717, 1.165) is 0 Å². The highest BCUT2D eigenvalue weighted by Crippen LogP contribution is 2.33. The summed E-state index contributed by atoms with van der Waals surface area (Å²) in [6.07, 6.45) is 0. The predicted octanol–water partition coefficient (Wildman–Crippen LogP) is 2.76. The summed E-state index contributed by atoms with van der Waals surface area (Å²) in [5.41, 5.74) is 0.450. The van der Waals surface area contributed by atoms with E-state index in [1.54, 1.807) is 20.8 Å². The summed E-state index contributed by atoms with van der Waals surface area (Å²) < 4.78 is 26.6. The summed E-state index contributed by atoms with van der Waals surface area (Å²) in [6.45, 7) is 5.33. The molecule has 0 bridgehead atoms. The van der Waals surface area contributed by atoms with Gasteiger partial charge in [0.05, 0.1) is 10.0 Å². The molecule has 0 saturated heterocycles. The quantitative estimate of drug-likeness (QED) is 0.850. The van der Waals surface area contributed by atoms with Crippen molar-refractivity contribution >= 4 is 33.2 Å². The molecule has 4 nitrogen and oxygen atoms in total. The molecule has 0 aliphatic carbocycles. The van der Waals surface area contributed by atoms with Crippen LogP contribution >= 0.6 is 23.2 Å². The Morgan fingerprint density at radius 3 is 2.19 bits per heavy atom. The number of hydrogen-bond acceptors (Lipinski definition) is 3. The molecule has 0 spiro atoms. The van der Waals surface area contributed by atoms with Crippen molar-refractivity contribution < 1.29 is 13.5 Å². The summed E-state index contributed by atoms with van der Waals surface area (Å²) in [6, 6.07) is 2.65. The maximum absolute atomic E-state index is 12.7. The van der Waals surface area contributed by atoms with Gasteiger partial charge in [-0.2, -0.15) is 4.31 Å². The van der Waals surface area contributed by atoms with Crippen LogP contribution in [0, 0.1) is 11.8 Å². The Morgan fingerprint density at radius 2 is 1.81 bits per heavy atom. The molecular formula is C14H17Cl2NO3S. The molecule has 1 N–H and O–H groups in total. The van der Waals surface area contributed by atoms with Crippen molar-refractivity contribution in [2.75, 3.05) is 13.2 Å². The molecule has 116 valence electrons. The zero-order chi connectivity index (χ0) is 16.2. The standard InChI is InChI=1S/C14H17Cl2NO3S/c1-4-17(10(2)3)21(19,20)14-12(15)8-11(6-5-7-18)9-13(14)16/h8-10,18H,4,7H2,1-3H3. The zero-order valence-corrected chi connectivity index (χ0v) is 14.3. The molecule has 0 saturated carbocycles. The van der Waals surface area contributed by atoms with Gasteiger partial charge >= 0.3 is 0 Å². The number of aliphatic hydroxyl groups excluding tert-OH is 1. The molecule has 0 aliphatic rings. The minimum atomic E-state index is -3.78. The Hall–Kier alpha value is -0.770. The van der Waals surface area contributed by atoms with E-state index < -0.39 is 10.0 Å². The molecule has 0 unspecified atom stereocenters. The maximum Gasteiger partial charge on any atom is 0.246 e. The summed E-state index contributed by atoms with van der Waals surface area (Å²) in [7, 11) is -3.78. The van der Waals surface area contributed by atoms with Gasteiger partial charge in [0.15, 0.2) is 0 Å². The lowest BCUT2D eigenvalue weighted by Gasteiger charge is -2.25. The monoisotopic (exact) mass is 349 g/mol. The van der Waals surface area contributed by atoms with E-state index in [1.807, 2.05) is 0 Å². The third-order valence-electron chi connectivity index (χ3n) is 2.76. The van der Waals surface area contributed by atoms with Crippen LogP contribution in [-0.4, -0.2) is 37.0 Å². The lowest BCUT2D eigenvalue weighted by Crippen LogP contribution is -2.37. The third-order valence-corrected chi connectivity index (χ3v) is 5.84. The second-order valence-electron chi connectivity index (χ2n) is 4.53. The molecule has 1 rings (SSSR count). The van der Waals surface area contributed by atoms with Crippen molar-refractivity contribution in [1.82, 2.24) is 4.31 Å². The van der Waals surface area contributed by atoms with E-state index in [4.69, 9.17) is 28.3 Å². The SMILES string of the molecule is CCN(C(C)C)S(=O)(=O)c1c(Cl)cc(C#CCO)cc1Cl. The first-order valence-electron chi connectivity index (χ1n) is 6.36. The van der Waals surface area contributed by atoms with Crippen LogP contribution < -0.4 is 0 Å². The van der Waals surface area contributed by atoms with Gasteiger partial charge in [-0.3, -0.25) is 0 Å². The number of halogens is 2. The number of benzene rings is 1. The first-order valence-corrected chi connectivity index (χ1v) is 8.55. The van der Waals surface area contributed by atoms with Crippen molar-refractivity contribution in [1.29, 1.82) is 0 Å². The van der Waals surface area contributed by atoms with Gasteiger partial charge in [0.25, 0.3) is 0 Å². The van der Waals surface area contributed by atoms with Crippen LogP contribution in [-0.2, 0) is 10.0 Å². The van der Waals surface area contributed by atoms with Gasteiger partial charge in [0.2, 0.25) is 10.0 Å². The fraction of sp³-hybridized carbons (Fsp3) is 0.429. The third kappa shape index (κ3) is 4.12. The van der Waals surface area contributed by atoms with Crippen LogP contribution in [0.25, 0.3) is 0 Å². The normalized spacial score (nSPS) is 11.6. The van der Waals surface area contributed by atoms with E-state index in [2.05, 4.69) is 11.8 Å². The molecule has 0 atom stereocenters. The van der Waals surface area contributed by atoms with Crippen LogP contribution in [0.1, 0.15) is 26.3 Å². The molecule has 1 aromatic rings. The largest absolute Gasteiger partial charge is 0.384 e. The molecule has 0 aliphatic heterocycles. The Bertz CT molecular complexity index is 652. The van der Waals surface area contributed by atoms with Gasteiger partial charge in [-0.05, 0) is 26.0 Å². The Kier molecular flexibility index (Phi) is 6.51. The summed E-state index contributed by atoms with van der Waals surface area (Å²) >= 11 is 12.2. The summed E-state index contributed by atoms with van der Waals surface area (Å²) in [5.74, 6) is 5.10. The van der Waals surface area contributed by atoms with Gasteiger partial charge in [-0.15, -0.1) is 0 Å². The Labute approximate surface area is 135 Å². The number of sulfonamides is 1. The summed E-state index contributed by atoms with van der Waals surface area (Å²) in [4.78, 5) is -0.115. The Balaban J connectivity index is 3.44. The number of rotatable bonds is 4. The molecule has 7 heteroatoms. The van der Waals surface area contributed by atoms with E-state index >= 15 is 0 Å². The van der Waals surface area contributed by atoms with Crippen molar-refractivity contribution in [3.63, 3.8) is 0 Å². The van der Waals surface area contributed by atoms with Gasteiger partial charge < -0.3 is 5.11 Å². The number of hydrogen-bond donors (Lipinski definition) is 1. The second-order valence-corrected chi connectivity index (χ2v) is 7.17. The zero-order valence-electron chi connectivity index (χ0n) is 12.0. The highest BCUT2D eigenvalue weighted by molar-refractivity contribution is 7.89. The predicted molar refractivity (Wildman–Crippen MR) is 85.1 cm³/mol. The van der Waals surface area contributed by atoms with E-state index in [0.29, 0.717) is 12.1 Å². The van der Waals surface area contributed by atoms with Gasteiger partial charge in [-0.1, -0.05) is 42.0 Å². The first-order chi connectivity index (χ1) is 9.75. The topological polar surface area (TPSA) is 57.6 Å². The van der Waals surface area contributed by atoms with Crippen molar-refractivity contribution in [3.05, 3.63) is 27.7 Å². The highest BCUT2D eigenvalue weighted by Gasteiger charge is 2.30. The average molecular weight is 350 g/mol. The molecule has 0 aromatic heterocycles. The second kappa shape index (κ2) is 7.48. The maximum atomic E-state index is 12.7. The average Bonchev–Trinajstić information content (AvgIpc) is 2.34. The number of nitrogens with zero attached hydrogens (tertiary/aromatic N) is 1. The number of aliphatic hydroxyl groups is 1. The van der Waals surface area contributed by atoms with Gasteiger partial charge in [0.1, 0.15) is 11.5 Å². The molecular weight excluding hydrogens is 333 g/mol. The molecule has 0 fully saturated rings. The van der Waals surface area contributed by atoms with E-state index in [-0.39, 0.29) is 27.6 Å². The van der Waals surface area contributed by atoms with Crippen molar-refractivity contribution in [3.8, 4) is 11.8 Å². The van der Waals surface area contributed by atoms with Crippen molar-refractivity contribution in [2.24, 2.45) is 0 Å². The van der Waals surface area contributed by atoms with Crippen molar-refractivity contribution in [2.45, 2.75) is 31.7 Å². The smallest absolute Gasteiger partial charge is 0.246 e. The van der Waals surface area contributed by atoms with Crippen LogP contribution in [0.3, 0.4) is 0 Å². The van der Waals surface area contributed by atoms with Gasteiger partial charge in [0, 0.05) is 18.2 Å². The fourth-order valence-corrected chi connectivity index (χ4v) is 4.76. The molecule has 0 amide bonds. The first kappa shape index (κ1) is 18.3. The minimum Gasteiger partial charge on any atom is -0.384 e. The Morgan fingerprint density at radius 1 is 1.29 bits per heavy atom.